The number of nitrogens with zero attached hydrogens (tertiary/aromatic N) is 2. The molecule has 0 saturated heterocycles. The van der Waals surface area contributed by atoms with Gasteiger partial charge in [-0.2, -0.15) is 0 Å². The fraction of sp³-hybridized carbons (Fsp3) is 0.625. The van der Waals surface area contributed by atoms with Gasteiger partial charge in [0.1, 0.15) is 12.4 Å². The van der Waals surface area contributed by atoms with Crippen LogP contribution in [0, 0.1) is 6.92 Å². The highest BCUT2D eigenvalue weighted by Crippen LogP contribution is 2.39. The van der Waals surface area contributed by atoms with E-state index in [-0.39, 0.29) is 0 Å². The monoisotopic (exact) mass is 288 g/mol. The molecule has 0 bridgehead atoms. The first-order valence-corrected chi connectivity index (χ1v) is 7.91. The van der Waals surface area contributed by atoms with Crippen LogP contribution in [0.2, 0.25) is 0 Å². The van der Waals surface area contributed by atoms with Crippen molar-refractivity contribution in [1.82, 2.24) is 4.81 Å². The van der Waals surface area contributed by atoms with Crippen molar-refractivity contribution in [3.8, 4) is 5.75 Å². The molecule has 0 N–H and O–H groups in total. The van der Waals surface area contributed by atoms with E-state index >= 15 is 0 Å². The van der Waals surface area contributed by atoms with Gasteiger partial charge in [0, 0.05) is 13.7 Å². The van der Waals surface area contributed by atoms with Gasteiger partial charge in [-0.05, 0) is 55.6 Å². The Bertz CT molecular complexity index is 521. The lowest BCUT2D eigenvalue weighted by atomic mass is 9.95. The molecule has 1 aromatic rings. The van der Waals surface area contributed by atoms with Gasteiger partial charge in [0.15, 0.2) is 7.98 Å². The molecular weight excluding hydrogens is 263 g/mol. The average Bonchev–Trinajstić information content (AvgIpc) is 2.68. The van der Waals surface area contributed by atoms with E-state index in [4.69, 9.17) is 9.47 Å². The van der Waals surface area contributed by atoms with E-state index in [1.807, 2.05) is 0 Å². The molecule has 0 atom stereocenters. The number of ether oxygens (including phenoxy) is 2. The van der Waals surface area contributed by atoms with Crippen molar-refractivity contribution in [3.63, 3.8) is 0 Å². The number of benzene rings is 1. The van der Waals surface area contributed by atoms with Gasteiger partial charge in [-0.15, -0.1) is 0 Å². The second kappa shape index (κ2) is 6.28. The van der Waals surface area contributed by atoms with E-state index in [1.54, 1.807) is 7.11 Å². The van der Waals surface area contributed by atoms with Gasteiger partial charge < -0.3 is 19.2 Å². The van der Waals surface area contributed by atoms with Gasteiger partial charge in [-0.25, -0.2) is 0 Å². The standard InChI is InChI=1S/C16H25BN2O2/c1-12-14-4-6-19(17)5-3-13(14)11-15-16(12)21-10-8-18(15)7-9-20-2/h11H,3-10,17H2,1-2H3. The van der Waals surface area contributed by atoms with E-state index in [0.29, 0.717) is 0 Å². The Hall–Kier alpha value is -1.20. The quantitative estimate of drug-likeness (QED) is 0.768. The van der Waals surface area contributed by atoms with Gasteiger partial charge >= 0.3 is 0 Å². The second-order valence-corrected chi connectivity index (χ2v) is 6.12. The maximum absolute atomic E-state index is 6.00. The number of hydrogen-bond acceptors (Lipinski definition) is 4. The Labute approximate surface area is 128 Å². The van der Waals surface area contributed by atoms with Gasteiger partial charge in [0.2, 0.25) is 0 Å². The van der Waals surface area contributed by atoms with E-state index in [2.05, 4.69) is 30.7 Å². The lowest BCUT2D eigenvalue weighted by molar-refractivity contribution is 0.201. The number of hydrogen-bond donors (Lipinski definition) is 0. The zero-order chi connectivity index (χ0) is 14.8. The van der Waals surface area contributed by atoms with E-state index in [1.165, 1.54) is 22.4 Å². The third-order valence-electron chi connectivity index (χ3n) is 4.74. The summed E-state index contributed by atoms with van der Waals surface area (Å²) in [6.45, 7) is 7.93. The molecule has 0 fully saturated rings. The molecule has 0 aliphatic carbocycles. The van der Waals surface area contributed by atoms with Crippen molar-refractivity contribution in [2.24, 2.45) is 0 Å². The normalized spacial score (nSPS) is 18.7. The van der Waals surface area contributed by atoms with Crippen LogP contribution in [0.1, 0.15) is 16.7 Å². The predicted molar refractivity (Wildman–Crippen MR) is 88.3 cm³/mol. The first kappa shape index (κ1) is 14.7. The summed E-state index contributed by atoms with van der Waals surface area (Å²) >= 11 is 0. The molecule has 3 rings (SSSR count). The summed E-state index contributed by atoms with van der Waals surface area (Å²) in [5.74, 6) is 1.10. The molecule has 0 radical (unpaired) electrons. The van der Waals surface area contributed by atoms with E-state index < -0.39 is 0 Å². The number of rotatable bonds is 3. The first-order valence-electron chi connectivity index (χ1n) is 7.91. The van der Waals surface area contributed by atoms with Crippen molar-refractivity contribution in [3.05, 3.63) is 22.8 Å². The van der Waals surface area contributed by atoms with Crippen LogP contribution in [-0.4, -0.2) is 59.3 Å². The summed E-state index contributed by atoms with van der Waals surface area (Å²) in [6.07, 6.45) is 2.27. The minimum atomic E-state index is 0.762. The molecule has 0 saturated carbocycles. The molecule has 5 heteroatoms. The molecule has 0 amide bonds. The lowest BCUT2D eigenvalue weighted by Crippen LogP contribution is -2.35. The third kappa shape index (κ3) is 2.90. The fourth-order valence-corrected chi connectivity index (χ4v) is 3.41. The lowest BCUT2D eigenvalue weighted by Gasteiger charge is -2.33. The Morgan fingerprint density at radius 3 is 2.90 bits per heavy atom. The van der Waals surface area contributed by atoms with Crippen LogP contribution in [0.5, 0.6) is 5.75 Å². The fourth-order valence-electron chi connectivity index (χ4n) is 3.41. The zero-order valence-corrected chi connectivity index (χ0v) is 13.4. The van der Waals surface area contributed by atoms with Crippen LogP contribution in [0.4, 0.5) is 5.69 Å². The summed E-state index contributed by atoms with van der Waals surface area (Å²) in [4.78, 5) is 4.83. The summed E-state index contributed by atoms with van der Waals surface area (Å²) in [7, 11) is 3.97. The van der Waals surface area contributed by atoms with Crippen molar-refractivity contribution in [2.45, 2.75) is 19.8 Å². The summed E-state index contributed by atoms with van der Waals surface area (Å²) in [6, 6.07) is 2.37. The Morgan fingerprint density at radius 2 is 2.10 bits per heavy atom. The Balaban J connectivity index is 1.97. The van der Waals surface area contributed by atoms with Crippen LogP contribution in [0.25, 0.3) is 0 Å². The van der Waals surface area contributed by atoms with Gasteiger partial charge in [-0.3, -0.25) is 0 Å². The van der Waals surface area contributed by atoms with E-state index in [0.717, 1.165) is 58.0 Å². The second-order valence-electron chi connectivity index (χ2n) is 6.12. The number of fused-ring (bicyclic) bond motifs is 2. The third-order valence-corrected chi connectivity index (χ3v) is 4.74. The van der Waals surface area contributed by atoms with Crippen LogP contribution in [-0.2, 0) is 17.6 Å². The first-order chi connectivity index (χ1) is 10.2. The SMILES string of the molecule is BN1CCc2cc3c(c(C)c2CC1)OCCN3CCOC. The minimum Gasteiger partial charge on any atom is -0.489 e. The molecule has 21 heavy (non-hydrogen) atoms. The predicted octanol–water partition coefficient (Wildman–Crippen LogP) is 0.789. The Morgan fingerprint density at radius 1 is 1.29 bits per heavy atom. The number of methoxy groups -OCH3 is 1. The maximum Gasteiger partial charge on any atom is 0.185 e. The van der Waals surface area contributed by atoms with E-state index in [9.17, 15) is 0 Å². The molecule has 0 aromatic heterocycles. The topological polar surface area (TPSA) is 24.9 Å². The average molecular weight is 288 g/mol. The summed E-state index contributed by atoms with van der Waals surface area (Å²) < 4.78 is 11.2. The van der Waals surface area contributed by atoms with Crippen LogP contribution < -0.4 is 9.64 Å². The zero-order valence-electron chi connectivity index (χ0n) is 13.4. The summed E-state index contributed by atoms with van der Waals surface area (Å²) in [5.41, 5.74) is 5.62. The molecule has 2 heterocycles. The maximum atomic E-state index is 6.00. The Kier molecular flexibility index (Phi) is 4.41. The van der Waals surface area contributed by atoms with Crippen molar-refractivity contribution >= 4 is 13.7 Å². The smallest absolute Gasteiger partial charge is 0.185 e. The minimum absolute atomic E-state index is 0.762. The molecule has 0 spiro atoms. The van der Waals surface area contributed by atoms with Crippen LogP contribution in [0.15, 0.2) is 6.07 Å². The molecule has 0 unspecified atom stereocenters. The highest BCUT2D eigenvalue weighted by Gasteiger charge is 2.24. The molecule has 4 nitrogen and oxygen atoms in total. The van der Waals surface area contributed by atoms with Gasteiger partial charge in [0.25, 0.3) is 0 Å². The van der Waals surface area contributed by atoms with Crippen molar-refractivity contribution in [2.75, 3.05) is 51.4 Å². The highest BCUT2D eigenvalue weighted by molar-refractivity contribution is 6.04. The summed E-state index contributed by atoms with van der Waals surface area (Å²) in [5, 5.41) is 0. The largest absolute Gasteiger partial charge is 0.489 e. The van der Waals surface area contributed by atoms with Gasteiger partial charge in [-0.1, -0.05) is 0 Å². The molecular formula is C16H25BN2O2. The van der Waals surface area contributed by atoms with Crippen molar-refractivity contribution in [1.29, 1.82) is 0 Å². The molecule has 2 aliphatic rings. The molecule has 1 aromatic carbocycles. The highest BCUT2D eigenvalue weighted by atomic mass is 16.5. The molecule has 114 valence electrons. The van der Waals surface area contributed by atoms with Crippen LogP contribution in [0.3, 0.4) is 0 Å². The van der Waals surface area contributed by atoms with Crippen molar-refractivity contribution < 1.29 is 9.47 Å². The van der Waals surface area contributed by atoms with Crippen LogP contribution >= 0.6 is 0 Å². The van der Waals surface area contributed by atoms with Gasteiger partial charge in [0.05, 0.1) is 18.8 Å². The molecule has 2 aliphatic heterocycles. The number of anilines is 1.